The number of piperidine rings is 2. The van der Waals surface area contributed by atoms with Crippen LogP contribution in [0.5, 0.6) is 5.75 Å². The second-order valence-electron chi connectivity index (χ2n) is 11.2. The van der Waals surface area contributed by atoms with E-state index in [0.29, 0.717) is 11.4 Å². The molecule has 2 bridgehead atoms. The van der Waals surface area contributed by atoms with E-state index >= 15 is 0 Å². The second kappa shape index (κ2) is 12.0. The van der Waals surface area contributed by atoms with Crippen molar-refractivity contribution in [3.63, 3.8) is 0 Å². The summed E-state index contributed by atoms with van der Waals surface area (Å²) in [6.45, 7) is 0.876. The van der Waals surface area contributed by atoms with Crippen LogP contribution in [0.15, 0.2) is 42.7 Å². The Bertz CT molecular complexity index is 1330. The smallest absolute Gasteiger partial charge is 0.407 e. The predicted molar refractivity (Wildman–Crippen MR) is 153 cm³/mol. The molecule has 3 fully saturated rings. The lowest BCUT2D eigenvalue weighted by atomic mass is 9.81. The Morgan fingerprint density at radius 1 is 1.07 bits per heavy atom. The van der Waals surface area contributed by atoms with E-state index in [1.165, 1.54) is 0 Å². The molecule has 0 saturated carbocycles. The first-order chi connectivity index (χ1) is 20.0. The zero-order chi connectivity index (χ0) is 28.3. The molecule has 3 unspecified atom stereocenters. The number of methoxy groups -OCH3 is 1. The lowest BCUT2D eigenvalue weighted by Gasteiger charge is -2.49. The van der Waals surface area contributed by atoms with Crippen LogP contribution in [0.25, 0.3) is 22.4 Å². The maximum atomic E-state index is 11.8. The Labute approximate surface area is 240 Å². The molecule has 3 aliphatic rings. The topological polar surface area (TPSA) is 115 Å². The van der Waals surface area contributed by atoms with Crippen molar-refractivity contribution in [1.29, 1.82) is 0 Å². The van der Waals surface area contributed by atoms with Crippen molar-refractivity contribution in [2.45, 2.75) is 75.7 Å². The zero-order valence-electron chi connectivity index (χ0n) is 23.7. The van der Waals surface area contributed by atoms with Gasteiger partial charge in [-0.15, -0.1) is 10.2 Å². The molecular weight excluding hydrogens is 524 g/mol. The van der Waals surface area contributed by atoms with Crippen molar-refractivity contribution < 1.29 is 24.1 Å². The molecule has 11 heteroatoms. The van der Waals surface area contributed by atoms with Crippen molar-refractivity contribution >= 4 is 11.9 Å². The van der Waals surface area contributed by atoms with Gasteiger partial charge in [0.2, 0.25) is 0 Å². The number of fused-ring (bicyclic) bond motifs is 2. The lowest BCUT2D eigenvalue weighted by Crippen LogP contribution is -2.58. The highest BCUT2D eigenvalue weighted by Gasteiger charge is 2.42. The fourth-order valence-electron chi connectivity index (χ4n) is 6.56. The van der Waals surface area contributed by atoms with Gasteiger partial charge in [0.15, 0.2) is 12.6 Å². The Hall–Kier alpha value is -3.70. The van der Waals surface area contributed by atoms with Crippen LogP contribution >= 0.6 is 0 Å². The summed E-state index contributed by atoms with van der Waals surface area (Å²) < 4.78 is 18.9. The molecular formula is C30H38N6O5. The molecule has 1 aromatic carbocycles. The molecule has 0 spiro atoms. The highest BCUT2D eigenvalue weighted by molar-refractivity contribution is 5.74. The number of ether oxygens (including phenoxy) is 3. The molecule has 41 heavy (non-hydrogen) atoms. The van der Waals surface area contributed by atoms with Gasteiger partial charge in [-0.2, -0.15) is 5.10 Å². The van der Waals surface area contributed by atoms with Gasteiger partial charge in [0.05, 0.1) is 11.9 Å². The number of aromatic nitrogens is 4. The molecule has 2 aromatic heterocycles. The van der Waals surface area contributed by atoms with E-state index in [-0.39, 0.29) is 31.1 Å². The van der Waals surface area contributed by atoms with Crippen LogP contribution in [-0.2, 0) is 9.47 Å². The third-order valence-electron chi connectivity index (χ3n) is 8.71. The van der Waals surface area contributed by atoms with Gasteiger partial charge in [0.25, 0.3) is 0 Å². The normalized spacial score (nSPS) is 24.2. The Balaban J connectivity index is 1.20. The van der Waals surface area contributed by atoms with Crippen molar-refractivity contribution in [2.75, 3.05) is 32.5 Å². The molecule has 6 rings (SSSR count). The monoisotopic (exact) mass is 562 g/mol. The van der Waals surface area contributed by atoms with Gasteiger partial charge < -0.3 is 29.1 Å². The maximum Gasteiger partial charge on any atom is 0.407 e. The molecule has 1 amide bonds. The highest BCUT2D eigenvalue weighted by Crippen LogP contribution is 2.38. The third-order valence-corrected chi connectivity index (χ3v) is 8.71. The number of anilines is 1. The summed E-state index contributed by atoms with van der Waals surface area (Å²) in [6, 6.07) is 10.3. The molecule has 0 radical (unpaired) electrons. The minimum Gasteiger partial charge on any atom is -0.467 e. The van der Waals surface area contributed by atoms with Crippen molar-refractivity contribution in [3.8, 4) is 28.1 Å². The van der Waals surface area contributed by atoms with E-state index < -0.39 is 6.09 Å². The van der Waals surface area contributed by atoms with E-state index in [2.05, 4.69) is 20.2 Å². The average Bonchev–Trinajstić information content (AvgIpc) is 3.50. The minimum absolute atomic E-state index is 0.0165. The van der Waals surface area contributed by atoms with Gasteiger partial charge in [-0.05, 0) is 81.2 Å². The molecule has 4 atom stereocenters. The van der Waals surface area contributed by atoms with Crippen molar-refractivity contribution in [2.24, 2.45) is 0 Å². The number of rotatable bonds is 8. The quantitative estimate of drug-likeness (QED) is 0.370. The van der Waals surface area contributed by atoms with Gasteiger partial charge in [0.1, 0.15) is 12.0 Å². The summed E-state index contributed by atoms with van der Waals surface area (Å²) in [5.74, 6) is 1.42. The Morgan fingerprint density at radius 2 is 1.90 bits per heavy atom. The number of nitrogens with zero attached hydrogens (tertiary/aromatic N) is 6. The number of carboxylic acid groups (broad SMARTS) is 1. The number of carbonyl (C=O) groups is 1. The molecule has 5 heterocycles. The molecule has 3 aromatic rings. The summed E-state index contributed by atoms with van der Waals surface area (Å²) in [6.07, 6.45) is 10.8. The maximum absolute atomic E-state index is 11.8. The molecule has 1 N–H and O–H groups in total. The van der Waals surface area contributed by atoms with E-state index in [1.54, 1.807) is 12.0 Å². The summed E-state index contributed by atoms with van der Waals surface area (Å²) in [7, 11) is 3.62. The van der Waals surface area contributed by atoms with Crippen LogP contribution in [0.4, 0.5) is 10.6 Å². The molecule has 3 aliphatic heterocycles. The fourth-order valence-corrected chi connectivity index (χ4v) is 6.56. The van der Waals surface area contributed by atoms with E-state index in [1.807, 2.05) is 54.5 Å². The summed E-state index contributed by atoms with van der Waals surface area (Å²) in [5.41, 5.74) is 3.47. The second-order valence-corrected chi connectivity index (χ2v) is 11.2. The first-order valence-electron chi connectivity index (χ1n) is 14.5. The molecule has 218 valence electrons. The highest BCUT2D eigenvalue weighted by atomic mass is 16.7. The minimum atomic E-state index is -0.797. The third kappa shape index (κ3) is 5.73. The zero-order valence-corrected chi connectivity index (χ0v) is 23.7. The van der Waals surface area contributed by atoms with E-state index in [0.717, 1.165) is 80.5 Å². The van der Waals surface area contributed by atoms with Crippen LogP contribution in [0.2, 0.25) is 0 Å². The summed E-state index contributed by atoms with van der Waals surface area (Å²) >= 11 is 0. The average molecular weight is 563 g/mol. The number of hydrogen-bond acceptors (Lipinski definition) is 8. The largest absolute Gasteiger partial charge is 0.467 e. The van der Waals surface area contributed by atoms with Crippen LogP contribution in [0, 0.1) is 0 Å². The first-order valence-corrected chi connectivity index (χ1v) is 14.5. The number of hydrogen-bond donors (Lipinski definition) is 1. The van der Waals surface area contributed by atoms with Crippen molar-refractivity contribution in [3.05, 3.63) is 42.7 Å². The summed E-state index contributed by atoms with van der Waals surface area (Å²) in [5, 5.41) is 23.4. The number of amides is 1. The van der Waals surface area contributed by atoms with Gasteiger partial charge in [-0.1, -0.05) is 6.07 Å². The van der Waals surface area contributed by atoms with Crippen molar-refractivity contribution in [1.82, 2.24) is 24.9 Å². The Morgan fingerprint density at radius 3 is 2.59 bits per heavy atom. The lowest BCUT2D eigenvalue weighted by molar-refractivity contribution is -0.0394. The van der Waals surface area contributed by atoms with Gasteiger partial charge >= 0.3 is 6.09 Å². The van der Waals surface area contributed by atoms with Gasteiger partial charge in [0, 0.05) is 56.2 Å². The van der Waals surface area contributed by atoms with Crippen LogP contribution in [0.3, 0.4) is 0 Å². The first kappa shape index (κ1) is 27.5. The standard InChI is InChI=1S/C30H38N6O5/c1-34(24-15-22-6-5-7-23(16-24)36(22)30(37)38)28-12-11-26(32-33-28)25-10-9-20(14-27(25)41-19-39-2)21-17-31-35(18-21)29-8-3-4-13-40-29/h9-12,14,17-18,22-24,29H,3-8,13,15-16,19H2,1-2H3,(H,37,38)/t22-,23?,24?,29?/m1/s1. The van der Waals surface area contributed by atoms with Crippen LogP contribution < -0.4 is 9.64 Å². The van der Waals surface area contributed by atoms with Gasteiger partial charge in [-0.3, -0.25) is 0 Å². The molecule has 3 saturated heterocycles. The van der Waals surface area contributed by atoms with E-state index in [4.69, 9.17) is 14.2 Å². The number of benzene rings is 1. The van der Waals surface area contributed by atoms with E-state index in [9.17, 15) is 9.90 Å². The molecule has 0 aliphatic carbocycles. The van der Waals surface area contributed by atoms with Crippen LogP contribution in [-0.4, -0.2) is 81.8 Å². The SMILES string of the molecule is COCOc1cc(-c2cnn(C3CCCCO3)c2)ccc1-c1ccc(N(C)C2CC3CCC[C@H](C2)N3C(=O)O)nn1. The van der Waals surface area contributed by atoms with Crippen LogP contribution in [0.1, 0.15) is 57.6 Å². The fraction of sp³-hybridized carbons (Fsp3) is 0.533. The summed E-state index contributed by atoms with van der Waals surface area (Å²) in [4.78, 5) is 15.6. The van der Waals surface area contributed by atoms with Gasteiger partial charge in [-0.25, -0.2) is 9.48 Å². The predicted octanol–water partition coefficient (Wildman–Crippen LogP) is 5.19. The molecule has 11 nitrogen and oxygen atoms in total. The Kier molecular flexibility index (Phi) is 8.06.